The molecule has 0 unspecified atom stereocenters. The second-order valence-electron chi connectivity index (χ2n) is 3.54. The van der Waals surface area contributed by atoms with E-state index in [1.807, 2.05) is 0 Å². The zero-order valence-electron chi connectivity index (χ0n) is 10.4. The lowest BCUT2D eigenvalue weighted by Gasteiger charge is -2.09. The predicted molar refractivity (Wildman–Crippen MR) is 57.9 cm³/mol. The molecule has 0 aliphatic heterocycles. The number of halogens is 4. The maximum atomic E-state index is 13.5. The highest BCUT2D eigenvalue weighted by Crippen LogP contribution is 2.30. The third-order valence-corrected chi connectivity index (χ3v) is 1.99. The van der Waals surface area contributed by atoms with Crippen molar-refractivity contribution in [2.24, 2.45) is 0 Å². The molecule has 0 saturated heterocycles. The number of ether oxygens (including phenoxy) is 2. The van der Waals surface area contributed by atoms with Crippen LogP contribution in [-0.4, -0.2) is 28.8 Å². The molecule has 1 aromatic heterocycles. The number of carbonyl (C=O) groups is 1. The van der Waals surface area contributed by atoms with Gasteiger partial charge >= 0.3 is 18.1 Å². The Balaban J connectivity index is 3.21. The first-order valence-electron chi connectivity index (χ1n) is 5.39. The topological polar surface area (TPSA) is 91.6 Å². The Bertz CT molecular complexity index is 561. The molecule has 1 heterocycles. The van der Waals surface area contributed by atoms with Gasteiger partial charge in [0.25, 0.3) is 5.82 Å². The van der Waals surface area contributed by atoms with Gasteiger partial charge in [0.05, 0.1) is 6.61 Å². The van der Waals surface area contributed by atoms with E-state index in [1.165, 1.54) is 6.92 Å². The second-order valence-corrected chi connectivity index (χ2v) is 3.54. The third kappa shape index (κ3) is 4.85. The number of hydrogen-bond donors (Lipinski definition) is 0. The summed E-state index contributed by atoms with van der Waals surface area (Å²) >= 11 is 0. The molecule has 0 spiro atoms. The zero-order chi connectivity index (χ0) is 16.2. The van der Waals surface area contributed by atoms with Gasteiger partial charge in [-0.1, -0.05) is 0 Å². The molecule has 0 amide bonds. The number of nitro groups is 1. The fraction of sp³-hybridized carbons (Fsp3) is 0.400. The summed E-state index contributed by atoms with van der Waals surface area (Å²) in [5, 5.41) is 10.6. The SMILES string of the molecule is CCOC(=O)Cc1cc(OC(F)(F)F)c(F)c([N+](=O)[O-])n1. The molecule has 0 radical (unpaired) electrons. The van der Waals surface area contributed by atoms with Gasteiger partial charge in [-0.05, 0) is 16.8 Å². The van der Waals surface area contributed by atoms with Gasteiger partial charge in [0, 0.05) is 6.07 Å². The van der Waals surface area contributed by atoms with E-state index in [-0.39, 0.29) is 6.61 Å². The number of pyridine rings is 1. The molecule has 1 aromatic rings. The number of aromatic nitrogens is 1. The molecule has 0 fully saturated rings. The first kappa shape index (κ1) is 16.6. The summed E-state index contributed by atoms with van der Waals surface area (Å²) in [4.78, 5) is 23.6. The number of alkyl halides is 3. The Morgan fingerprint density at radius 3 is 2.57 bits per heavy atom. The molecule has 7 nitrogen and oxygen atoms in total. The second kappa shape index (κ2) is 6.33. The summed E-state index contributed by atoms with van der Waals surface area (Å²) in [7, 11) is 0. The molecular weight excluding hydrogens is 304 g/mol. The molecule has 0 N–H and O–H groups in total. The van der Waals surface area contributed by atoms with Crippen molar-refractivity contribution in [3.63, 3.8) is 0 Å². The average Bonchev–Trinajstić information content (AvgIpc) is 2.31. The summed E-state index contributed by atoms with van der Waals surface area (Å²) in [5.41, 5.74) is -0.485. The van der Waals surface area contributed by atoms with Crippen molar-refractivity contribution in [2.45, 2.75) is 19.7 Å². The highest BCUT2D eigenvalue weighted by Gasteiger charge is 2.35. The van der Waals surface area contributed by atoms with Crippen LogP contribution in [0, 0.1) is 15.9 Å². The summed E-state index contributed by atoms with van der Waals surface area (Å²) in [5.74, 6) is -5.69. The highest BCUT2D eigenvalue weighted by molar-refractivity contribution is 5.72. The normalized spacial score (nSPS) is 11.1. The molecule has 11 heteroatoms. The lowest BCUT2D eigenvalue weighted by molar-refractivity contribution is -0.392. The van der Waals surface area contributed by atoms with Gasteiger partial charge in [-0.25, -0.2) is 0 Å². The van der Waals surface area contributed by atoms with E-state index < -0.39 is 46.8 Å². The fourth-order valence-electron chi connectivity index (χ4n) is 1.31. The molecule has 21 heavy (non-hydrogen) atoms. The minimum atomic E-state index is -5.25. The smallest absolute Gasteiger partial charge is 0.466 e. The van der Waals surface area contributed by atoms with Gasteiger partial charge in [0.15, 0.2) is 11.4 Å². The number of rotatable bonds is 5. The molecule has 1 rings (SSSR count). The van der Waals surface area contributed by atoms with Crippen LogP contribution in [0.2, 0.25) is 0 Å². The summed E-state index contributed by atoms with van der Waals surface area (Å²) in [6, 6.07) is 0.451. The first-order valence-corrected chi connectivity index (χ1v) is 5.39. The Labute approximate surface area is 114 Å². The van der Waals surface area contributed by atoms with Crippen molar-refractivity contribution >= 4 is 11.8 Å². The van der Waals surface area contributed by atoms with Crippen LogP contribution in [0.5, 0.6) is 5.75 Å². The molecule has 0 aliphatic carbocycles. The first-order chi connectivity index (χ1) is 9.64. The number of esters is 1. The Morgan fingerprint density at radius 2 is 2.10 bits per heavy atom. The van der Waals surface area contributed by atoms with Crippen LogP contribution >= 0.6 is 0 Å². The molecule has 0 aromatic carbocycles. The fourth-order valence-corrected chi connectivity index (χ4v) is 1.31. The standard InChI is InChI=1S/C10H8F4N2O5/c1-2-20-7(17)4-5-3-6(21-10(12,13)14)8(11)9(15-5)16(18)19/h3H,2,4H2,1H3. The van der Waals surface area contributed by atoms with Crippen LogP contribution < -0.4 is 4.74 Å². The molecule has 0 saturated carbocycles. The molecule has 116 valence electrons. The summed E-state index contributed by atoms with van der Waals surface area (Å²) in [6.45, 7) is 1.48. The van der Waals surface area contributed by atoms with E-state index in [4.69, 9.17) is 0 Å². The van der Waals surface area contributed by atoms with E-state index in [0.717, 1.165) is 0 Å². The molecular formula is C10H8F4N2O5. The lowest BCUT2D eigenvalue weighted by atomic mass is 10.2. The van der Waals surface area contributed by atoms with Crippen molar-refractivity contribution in [2.75, 3.05) is 6.61 Å². The Hall–Kier alpha value is -2.46. The van der Waals surface area contributed by atoms with Crippen LogP contribution in [-0.2, 0) is 16.0 Å². The maximum Gasteiger partial charge on any atom is 0.573 e. The molecule has 0 aliphatic rings. The minimum Gasteiger partial charge on any atom is -0.466 e. The van der Waals surface area contributed by atoms with Crippen molar-refractivity contribution in [3.05, 3.63) is 27.7 Å². The van der Waals surface area contributed by atoms with Crippen molar-refractivity contribution in [3.8, 4) is 5.75 Å². The van der Waals surface area contributed by atoms with E-state index in [9.17, 15) is 32.5 Å². The van der Waals surface area contributed by atoms with E-state index in [1.54, 1.807) is 0 Å². The van der Waals surface area contributed by atoms with Crippen LogP contribution in [0.3, 0.4) is 0 Å². The largest absolute Gasteiger partial charge is 0.573 e. The molecule has 0 bridgehead atoms. The van der Waals surface area contributed by atoms with Gasteiger partial charge in [0.1, 0.15) is 6.42 Å². The van der Waals surface area contributed by atoms with Crippen molar-refractivity contribution in [1.29, 1.82) is 0 Å². The van der Waals surface area contributed by atoms with Gasteiger partial charge < -0.3 is 19.6 Å². The minimum absolute atomic E-state index is 0.00592. The van der Waals surface area contributed by atoms with E-state index in [0.29, 0.717) is 6.07 Å². The quantitative estimate of drug-likeness (QED) is 0.358. The molecule has 0 atom stereocenters. The van der Waals surface area contributed by atoms with E-state index in [2.05, 4.69) is 14.5 Å². The van der Waals surface area contributed by atoms with Crippen LogP contribution in [0.15, 0.2) is 6.07 Å². The lowest BCUT2D eigenvalue weighted by Crippen LogP contribution is -2.19. The maximum absolute atomic E-state index is 13.5. The average molecular weight is 312 g/mol. The van der Waals surface area contributed by atoms with E-state index >= 15 is 0 Å². The van der Waals surface area contributed by atoms with Gasteiger partial charge in [0.2, 0.25) is 0 Å². The van der Waals surface area contributed by atoms with Crippen LogP contribution in [0.1, 0.15) is 12.6 Å². The van der Waals surface area contributed by atoms with Crippen molar-refractivity contribution < 1.29 is 36.8 Å². The number of carbonyl (C=O) groups excluding carboxylic acids is 1. The summed E-state index contributed by atoms with van der Waals surface area (Å²) < 4.78 is 57.6. The van der Waals surface area contributed by atoms with Crippen molar-refractivity contribution in [1.82, 2.24) is 4.98 Å². The van der Waals surface area contributed by atoms with Crippen LogP contribution in [0.25, 0.3) is 0 Å². The van der Waals surface area contributed by atoms with Gasteiger partial charge in [-0.2, -0.15) is 4.39 Å². The third-order valence-electron chi connectivity index (χ3n) is 1.99. The number of hydrogen-bond acceptors (Lipinski definition) is 6. The van der Waals surface area contributed by atoms with Gasteiger partial charge in [-0.15, -0.1) is 13.2 Å². The highest BCUT2D eigenvalue weighted by atomic mass is 19.4. The van der Waals surface area contributed by atoms with Gasteiger partial charge in [-0.3, -0.25) is 4.79 Å². The summed E-state index contributed by atoms with van der Waals surface area (Å²) in [6.07, 6.45) is -5.92. The Morgan fingerprint density at radius 1 is 1.48 bits per heavy atom. The Kier molecular flexibility index (Phi) is 5.00. The number of nitrogens with zero attached hydrogens (tertiary/aromatic N) is 2. The monoisotopic (exact) mass is 312 g/mol. The predicted octanol–water partition coefficient (Wildman–Crippen LogP) is 2.13. The zero-order valence-corrected chi connectivity index (χ0v) is 10.4. The van der Waals surface area contributed by atoms with Crippen LogP contribution in [0.4, 0.5) is 23.4 Å².